The summed E-state index contributed by atoms with van der Waals surface area (Å²) in [6.07, 6.45) is 0.108. The van der Waals surface area contributed by atoms with Crippen LogP contribution in [0, 0.1) is 5.92 Å². The lowest BCUT2D eigenvalue weighted by Gasteiger charge is -2.43. The quantitative estimate of drug-likeness (QED) is 0.157. The lowest BCUT2D eigenvalue weighted by molar-refractivity contribution is -0.144. The highest BCUT2D eigenvalue weighted by Crippen LogP contribution is 2.34. The second-order valence-electron chi connectivity index (χ2n) is 12.8. The monoisotopic (exact) mass is 694 g/mol. The number of para-hydroxylation sites is 1. The lowest BCUT2D eigenvalue weighted by Crippen LogP contribution is -2.57. The molecule has 0 unspecified atom stereocenters. The number of methoxy groups -OCH3 is 3. The van der Waals surface area contributed by atoms with Crippen molar-refractivity contribution in [1.29, 1.82) is 0 Å². The third-order valence-corrected chi connectivity index (χ3v) is 8.80. The number of piperidine rings is 1. The Hall–Kier alpha value is -3.87. The number of amides is 1. The fourth-order valence-electron chi connectivity index (χ4n) is 5.92. The van der Waals surface area contributed by atoms with E-state index in [0.29, 0.717) is 51.1 Å². The van der Waals surface area contributed by atoms with Crippen LogP contribution < -0.4 is 24.7 Å². The fourth-order valence-corrected chi connectivity index (χ4v) is 5.92. The number of benzene rings is 3. The molecule has 50 heavy (non-hydrogen) atoms. The summed E-state index contributed by atoms with van der Waals surface area (Å²) in [5.41, 5.74) is 9.02. The maximum absolute atomic E-state index is 13.3. The molecule has 1 saturated heterocycles. The predicted octanol–water partition coefficient (Wildman–Crippen LogP) is 4.96. The molecule has 4 atom stereocenters. The van der Waals surface area contributed by atoms with Crippen LogP contribution in [0.3, 0.4) is 0 Å². The number of carbonyl (C=O) groups is 1. The van der Waals surface area contributed by atoms with E-state index in [0.717, 1.165) is 41.0 Å². The summed E-state index contributed by atoms with van der Waals surface area (Å²) in [5, 5.41) is 11.5. The number of nitrogens with zero attached hydrogens (tertiary/aromatic N) is 1. The number of hydrogen-bond acceptors (Lipinski definition) is 10. The standard InChI is InChI=1S/C39H54N2O9/c1-27(2)38(40)39(43)41-23-32(42)37(36(24-41)50-25-28-12-17-34(46-5)35(22-28)49-21-8-18-44-3)29-13-15-31(16-14-29)48-20-9-19-47-26-30-10-6-7-11-33(30)45-4/h6-7,10-17,22,27,32,36-38,42H,8-9,18-21,23-26,40H2,1-5H3/t32-,36+,37+,38+/m1/s1. The molecule has 0 spiro atoms. The van der Waals surface area contributed by atoms with E-state index in [1.54, 1.807) is 26.2 Å². The number of rotatable bonds is 20. The van der Waals surface area contributed by atoms with Crippen molar-refractivity contribution in [3.05, 3.63) is 83.4 Å². The smallest absolute Gasteiger partial charge is 0.239 e. The second-order valence-corrected chi connectivity index (χ2v) is 12.8. The first kappa shape index (κ1) is 38.9. The van der Waals surface area contributed by atoms with Crippen molar-refractivity contribution in [3.63, 3.8) is 0 Å². The van der Waals surface area contributed by atoms with Gasteiger partial charge in [-0.3, -0.25) is 4.79 Å². The second kappa shape index (κ2) is 20.1. The molecule has 0 aliphatic carbocycles. The van der Waals surface area contributed by atoms with Crippen molar-refractivity contribution >= 4 is 5.91 Å². The highest BCUT2D eigenvalue weighted by molar-refractivity contribution is 5.82. The summed E-state index contributed by atoms with van der Waals surface area (Å²) in [6.45, 7) is 7.13. The normalized spacial score (nSPS) is 18.2. The summed E-state index contributed by atoms with van der Waals surface area (Å²) in [7, 11) is 4.91. The van der Waals surface area contributed by atoms with Gasteiger partial charge in [0, 0.05) is 51.1 Å². The van der Waals surface area contributed by atoms with Gasteiger partial charge in [0.25, 0.3) is 0 Å². The average Bonchev–Trinajstić information content (AvgIpc) is 3.13. The van der Waals surface area contributed by atoms with Gasteiger partial charge in [-0.2, -0.15) is 0 Å². The number of aliphatic hydroxyl groups is 1. The Morgan fingerprint density at radius 2 is 1.56 bits per heavy atom. The molecule has 1 heterocycles. The van der Waals surface area contributed by atoms with Gasteiger partial charge in [-0.1, -0.05) is 50.2 Å². The third kappa shape index (κ3) is 11.1. The predicted molar refractivity (Wildman–Crippen MR) is 191 cm³/mol. The van der Waals surface area contributed by atoms with Gasteiger partial charge in [0.2, 0.25) is 5.91 Å². The molecule has 3 aromatic carbocycles. The molecular weight excluding hydrogens is 640 g/mol. The van der Waals surface area contributed by atoms with Crippen LogP contribution >= 0.6 is 0 Å². The summed E-state index contributed by atoms with van der Waals surface area (Å²) >= 11 is 0. The number of hydrogen-bond donors (Lipinski definition) is 2. The maximum atomic E-state index is 13.3. The molecule has 1 amide bonds. The van der Waals surface area contributed by atoms with Crippen LogP contribution in [0.4, 0.5) is 0 Å². The van der Waals surface area contributed by atoms with E-state index in [2.05, 4.69) is 0 Å². The first-order valence-corrected chi connectivity index (χ1v) is 17.3. The van der Waals surface area contributed by atoms with Crippen LogP contribution in [0.5, 0.6) is 23.0 Å². The third-order valence-electron chi connectivity index (χ3n) is 8.80. The number of aliphatic hydroxyl groups excluding tert-OH is 1. The van der Waals surface area contributed by atoms with Crippen molar-refractivity contribution in [3.8, 4) is 23.0 Å². The van der Waals surface area contributed by atoms with E-state index in [9.17, 15) is 9.90 Å². The van der Waals surface area contributed by atoms with Crippen molar-refractivity contribution in [2.24, 2.45) is 11.7 Å². The van der Waals surface area contributed by atoms with Crippen LogP contribution in [0.1, 0.15) is 49.3 Å². The van der Waals surface area contributed by atoms with Gasteiger partial charge in [-0.05, 0) is 47.4 Å². The molecule has 0 aromatic heterocycles. The Labute approximate surface area is 296 Å². The number of carbonyl (C=O) groups excluding carboxylic acids is 1. The van der Waals surface area contributed by atoms with Crippen LogP contribution in [0.2, 0.25) is 0 Å². The Balaban J connectivity index is 1.39. The number of nitrogens with two attached hydrogens (primary N) is 1. The minimum Gasteiger partial charge on any atom is -0.496 e. The Morgan fingerprint density at radius 1 is 0.840 bits per heavy atom. The van der Waals surface area contributed by atoms with Crippen molar-refractivity contribution in [2.45, 2.75) is 64.1 Å². The van der Waals surface area contributed by atoms with Crippen molar-refractivity contribution in [2.75, 3.05) is 60.8 Å². The topological polar surface area (TPSA) is 131 Å². The summed E-state index contributed by atoms with van der Waals surface area (Å²) < 4.78 is 40.3. The molecule has 0 saturated carbocycles. The SMILES string of the molecule is COCCCOc1cc(CO[C@H]2CN(C(=O)[C@@H](N)C(C)C)C[C@@H](O)[C@@H]2c2ccc(OCCCOCc3ccccc3OC)cc2)ccc1OC. The van der Waals surface area contributed by atoms with E-state index in [1.807, 2.05) is 80.6 Å². The van der Waals surface area contributed by atoms with Gasteiger partial charge in [0.15, 0.2) is 11.5 Å². The Bertz CT molecular complexity index is 1450. The molecule has 3 N–H and O–H groups in total. The van der Waals surface area contributed by atoms with Crippen LogP contribution in [-0.4, -0.2) is 95.0 Å². The number of β-amino-alcohol motifs (C(OH)–C–C–N with tert-alkyl or cyclic N) is 1. The molecule has 3 aromatic rings. The molecule has 1 fully saturated rings. The fraction of sp³-hybridized carbons (Fsp3) is 0.513. The van der Waals surface area contributed by atoms with E-state index in [-0.39, 0.29) is 30.9 Å². The van der Waals surface area contributed by atoms with Gasteiger partial charge < -0.3 is 48.9 Å². The molecule has 0 bridgehead atoms. The zero-order valence-corrected chi connectivity index (χ0v) is 30.0. The minimum atomic E-state index is -0.861. The molecule has 0 radical (unpaired) electrons. The molecule has 1 aliphatic rings. The molecule has 4 rings (SSSR count). The largest absolute Gasteiger partial charge is 0.496 e. The molecule has 11 heteroatoms. The van der Waals surface area contributed by atoms with E-state index < -0.39 is 18.2 Å². The molecule has 274 valence electrons. The van der Waals surface area contributed by atoms with Crippen LogP contribution in [0.15, 0.2) is 66.7 Å². The molecule has 1 aliphatic heterocycles. The zero-order valence-electron chi connectivity index (χ0n) is 30.0. The Kier molecular flexibility index (Phi) is 15.6. The van der Waals surface area contributed by atoms with Crippen LogP contribution in [-0.2, 0) is 32.2 Å². The maximum Gasteiger partial charge on any atom is 0.239 e. The zero-order chi connectivity index (χ0) is 35.9. The average molecular weight is 695 g/mol. The van der Waals surface area contributed by atoms with Gasteiger partial charge in [-0.15, -0.1) is 0 Å². The van der Waals surface area contributed by atoms with Crippen LogP contribution in [0.25, 0.3) is 0 Å². The van der Waals surface area contributed by atoms with E-state index in [1.165, 1.54) is 0 Å². The highest BCUT2D eigenvalue weighted by Gasteiger charge is 2.40. The van der Waals surface area contributed by atoms with Crippen molar-refractivity contribution in [1.82, 2.24) is 4.90 Å². The van der Waals surface area contributed by atoms with Gasteiger partial charge in [0.1, 0.15) is 11.5 Å². The van der Waals surface area contributed by atoms with Gasteiger partial charge >= 0.3 is 0 Å². The van der Waals surface area contributed by atoms with E-state index >= 15 is 0 Å². The summed E-state index contributed by atoms with van der Waals surface area (Å²) in [5.74, 6) is 2.16. The first-order chi connectivity index (χ1) is 24.2. The Morgan fingerprint density at radius 3 is 2.28 bits per heavy atom. The highest BCUT2D eigenvalue weighted by atomic mass is 16.5. The summed E-state index contributed by atoms with van der Waals surface area (Å²) in [6, 6.07) is 20.5. The summed E-state index contributed by atoms with van der Waals surface area (Å²) in [4.78, 5) is 14.9. The minimum absolute atomic E-state index is 0.0372. The van der Waals surface area contributed by atoms with Gasteiger partial charge in [-0.25, -0.2) is 0 Å². The first-order valence-electron chi connectivity index (χ1n) is 17.3. The molecule has 11 nitrogen and oxygen atoms in total. The number of ether oxygens (including phenoxy) is 7. The lowest BCUT2D eigenvalue weighted by atomic mass is 9.84. The van der Waals surface area contributed by atoms with Crippen molar-refractivity contribution < 1.29 is 43.1 Å². The number of likely N-dealkylation sites (tertiary alicyclic amines) is 1. The van der Waals surface area contributed by atoms with Gasteiger partial charge in [0.05, 0.1) is 65.5 Å². The molecular formula is C39H54N2O9. The van der Waals surface area contributed by atoms with E-state index in [4.69, 9.17) is 38.9 Å².